The molecule has 10 heteroatoms. The number of H-pyrrole nitrogens is 1. The van der Waals surface area contributed by atoms with Gasteiger partial charge in [-0.3, -0.25) is 14.2 Å². The molecule has 34 heavy (non-hydrogen) atoms. The van der Waals surface area contributed by atoms with Crippen LogP contribution in [-0.4, -0.2) is 45.1 Å². The van der Waals surface area contributed by atoms with E-state index in [9.17, 15) is 9.59 Å². The van der Waals surface area contributed by atoms with Crippen LogP contribution in [-0.2, 0) is 17.9 Å². The van der Waals surface area contributed by atoms with Crippen molar-refractivity contribution in [2.75, 3.05) is 13.7 Å². The first-order valence-corrected chi connectivity index (χ1v) is 10.6. The van der Waals surface area contributed by atoms with Gasteiger partial charge in [0.1, 0.15) is 11.6 Å². The van der Waals surface area contributed by atoms with Crippen molar-refractivity contribution in [1.29, 1.82) is 0 Å². The highest BCUT2D eigenvalue weighted by Gasteiger charge is 2.17. The van der Waals surface area contributed by atoms with E-state index in [1.165, 1.54) is 0 Å². The van der Waals surface area contributed by atoms with E-state index in [0.29, 0.717) is 28.7 Å². The number of benzene rings is 2. The average Bonchev–Trinajstić information content (AvgIpc) is 3.56. The molecule has 2 aromatic carbocycles. The van der Waals surface area contributed by atoms with Gasteiger partial charge in [0.25, 0.3) is 11.8 Å². The lowest BCUT2D eigenvalue weighted by molar-refractivity contribution is -0.123. The fraction of sp³-hybridized carbons (Fsp3) is 0.167. The van der Waals surface area contributed by atoms with E-state index in [1.807, 2.05) is 22.9 Å². The lowest BCUT2D eigenvalue weighted by atomic mass is 10.1. The van der Waals surface area contributed by atoms with E-state index in [2.05, 4.69) is 25.6 Å². The minimum absolute atomic E-state index is 0.176. The SMILES string of the molecule is COc1ccc2cc1OCC(=O)NCc1cc(C(=O)NCc3ncc[nH]3)cc(c1)-n1ccnc1-2. The summed E-state index contributed by atoms with van der Waals surface area (Å²) in [5, 5.41) is 5.70. The van der Waals surface area contributed by atoms with E-state index < -0.39 is 0 Å². The Balaban J connectivity index is 1.56. The first-order chi connectivity index (χ1) is 16.6. The number of nitrogens with one attached hydrogen (secondary N) is 3. The molecule has 0 radical (unpaired) electrons. The number of imidazole rings is 2. The zero-order valence-corrected chi connectivity index (χ0v) is 18.4. The summed E-state index contributed by atoms with van der Waals surface area (Å²) in [5.41, 5.74) is 2.72. The number of methoxy groups -OCH3 is 1. The predicted octanol–water partition coefficient (Wildman–Crippen LogP) is 2.21. The summed E-state index contributed by atoms with van der Waals surface area (Å²) in [6.45, 7) is 0.322. The molecule has 10 nitrogen and oxygen atoms in total. The Labute approximate surface area is 195 Å². The quantitative estimate of drug-likeness (QED) is 0.431. The highest BCUT2D eigenvalue weighted by molar-refractivity contribution is 5.95. The molecule has 3 heterocycles. The highest BCUT2D eigenvalue weighted by atomic mass is 16.5. The molecule has 1 aliphatic heterocycles. The van der Waals surface area contributed by atoms with Crippen molar-refractivity contribution in [2.24, 2.45) is 0 Å². The Morgan fingerprint density at radius 2 is 2.12 bits per heavy atom. The van der Waals surface area contributed by atoms with Crippen LogP contribution in [0.5, 0.6) is 11.5 Å². The zero-order valence-electron chi connectivity index (χ0n) is 18.4. The smallest absolute Gasteiger partial charge is 0.258 e. The molecule has 0 atom stereocenters. The maximum atomic E-state index is 12.9. The molecule has 2 amide bonds. The highest BCUT2D eigenvalue weighted by Crippen LogP contribution is 2.33. The molecular weight excluding hydrogens is 436 g/mol. The minimum Gasteiger partial charge on any atom is -0.493 e. The van der Waals surface area contributed by atoms with Gasteiger partial charge in [0, 0.05) is 48.1 Å². The van der Waals surface area contributed by atoms with E-state index in [4.69, 9.17) is 9.47 Å². The van der Waals surface area contributed by atoms with Gasteiger partial charge in [0.2, 0.25) is 0 Å². The van der Waals surface area contributed by atoms with Crippen LogP contribution in [0.15, 0.2) is 61.2 Å². The molecule has 1 aliphatic rings. The third kappa shape index (κ3) is 4.33. The van der Waals surface area contributed by atoms with E-state index in [-0.39, 0.29) is 31.5 Å². The summed E-state index contributed by atoms with van der Waals surface area (Å²) in [5.74, 6) is 1.72. The Bertz CT molecular complexity index is 1350. The van der Waals surface area contributed by atoms with Gasteiger partial charge in [-0.2, -0.15) is 0 Å². The number of nitrogens with zero attached hydrogens (tertiary/aromatic N) is 3. The van der Waals surface area contributed by atoms with Gasteiger partial charge in [0.15, 0.2) is 18.1 Å². The molecule has 3 N–H and O–H groups in total. The first kappa shape index (κ1) is 21.3. The van der Waals surface area contributed by atoms with Crippen LogP contribution in [0.25, 0.3) is 17.1 Å². The summed E-state index contributed by atoms with van der Waals surface area (Å²) in [7, 11) is 1.54. The molecule has 0 saturated heterocycles. The topological polar surface area (TPSA) is 123 Å². The largest absolute Gasteiger partial charge is 0.493 e. The Kier molecular flexibility index (Phi) is 5.69. The third-order valence-corrected chi connectivity index (χ3v) is 5.40. The van der Waals surface area contributed by atoms with E-state index in [0.717, 1.165) is 16.8 Å². The summed E-state index contributed by atoms with van der Waals surface area (Å²) in [6, 6.07) is 10.9. The van der Waals surface area contributed by atoms with Crippen molar-refractivity contribution in [2.45, 2.75) is 13.1 Å². The zero-order chi connectivity index (χ0) is 23.5. The van der Waals surface area contributed by atoms with Gasteiger partial charge in [-0.25, -0.2) is 9.97 Å². The molecule has 5 rings (SSSR count). The van der Waals surface area contributed by atoms with Gasteiger partial charge in [-0.15, -0.1) is 0 Å². The second-order valence-corrected chi connectivity index (χ2v) is 7.66. The fourth-order valence-corrected chi connectivity index (χ4v) is 3.76. The number of aromatic nitrogens is 4. The van der Waals surface area contributed by atoms with E-state index >= 15 is 0 Å². The van der Waals surface area contributed by atoms with Gasteiger partial charge >= 0.3 is 0 Å². The van der Waals surface area contributed by atoms with Crippen molar-refractivity contribution in [3.63, 3.8) is 0 Å². The van der Waals surface area contributed by atoms with Crippen molar-refractivity contribution in [1.82, 2.24) is 30.2 Å². The van der Waals surface area contributed by atoms with Gasteiger partial charge in [-0.05, 0) is 42.0 Å². The normalized spacial score (nSPS) is 12.8. The molecule has 2 aromatic heterocycles. The van der Waals surface area contributed by atoms with Crippen molar-refractivity contribution in [3.8, 4) is 28.6 Å². The molecule has 0 saturated carbocycles. The molecule has 0 aliphatic carbocycles. The standard InChI is InChI=1S/C24H22N6O4/c1-33-19-3-2-16-11-20(19)34-14-22(31)28-12-15-8-17(24(32)29-13-21-25-4-5-26-21)10-18(9-15)30-7-6-27-23(16)30/h2-11H,12-14H2,1H3,(H,25,26)(H,28,31)(H,29,32). The van der Waals surface area contributed by atoms with Crippen molar-refractivity contribution >= 4 is 11.8 Å². The number of aromatic amines is 1. The van der Waals surface area contributed by atoms with Crippen molar-refractivity contribution < 1.29 is 19.1 Å². The van der Waals surface area contributed by atoms with Crippen LogP contribution in [0.1, 0.15) is 21.7 Å². The lowest BCUT2D eigenvalue weighted by Gasteiger charge is -2.13. The lowest BCUT2D eigenvalue weighted by Crippen LogP contribution is -2.29. The van der Waals surface area contributed by atoms with Gasteiger partial charge in [0.05, 0.1) is 13.7 Å². The molecule has 4 aromatic rings. The number of hydrogen-bond donors (Lipinski definition) is 3. The Morgan fingerprint density at radius 1 is 1.21 bits per heavy atom. The number of fused-ring (bicyclic) bond motifs is 7. The number of carbonyl (C=O) groups is 2. The molecule has 4 bridgehead atoms. The Hall–Kier alpha value is -4.60. The Morgan fingerprint density at radius 3 is 2.94 bits per heavy atom. The summed E-state index contributed by atoms with van der Waals surface area (Å²) in [4.78, 5) is 37.0. The van der Waals surface area contributed by atoms with Crippen LogP contribution in [0.4, 0.5) is 0 Å². The number of ether oxygens (including phenoxy) is 2. The third-order valence-electron chi connectivity index (χ3n) is 5.40. The second-order valence-electron chi connectivity index (χ2n) is 7.66. The average molecular weight is 458 g/mol. The van der Waals surface area contributed by atoms with Gasteiger partial charge in [-0.1, -0.05) is 0 Å². The molecule has 0 fully saturated rings. The summed E-state index contributed by atoms with van der Waals surface area (Å²) in [6.07, 6.45) is 6.84. The van der Waals surface area contributed by atoms with Crippen LogP contribution in [0.3, 0.4) is 0 Å². The van der Waals surface area contributed by atoms with Crippen molar-refractivity contribution in [3.05, 3.63) is 78.1 Å². The number of hydrogen-bond acceptors (Lipinski definition) is 6. The minimum atomic E-state index is -0.293. The fourth-order valence-electron chi connectivity index (χ4n) is 3.76. The van der Waals surface area contributed by atoms with Crippen LogP contribution in [0, 0.1) is 0 Å². The maximum absolute atomic E-state index is 12.9. The van der Waals surface area contributed by atoms with Gasteiger partial charge < -0.3 is 25.1 Å². The van der Waals surface area contributed by atoms with E-state index in [1.54, 1.807) is 50.0 Å². The molecular formula is C24H22N6O4. The van der Waals surface area contributed by atoms with Crippen LogP contribution >= 0.6 is 0 Å². The summed E-state index contributed by atoms with van der Waals surface area (Å²) >= 11 is 0. The number of rotatable bonds is 4. The number of carbonyl (C=O) groups excluding carboxylic acids is 2. The van der Waals surface area contributed by atoms with Crippen LogP contribution in [0.2, 0.25) is 0 Å². The molecule has 0 spiro atoms. The predicted molar refractivity (Wildman–Crippen MR) is 123 cm³/mol. The summed E-state index contributed by atoms with van der Waals surface area (Å²) < 4.78 is 13.0. The molecule has 0 unspecified atom stereocenters. The maximum Gasteiger partial charge on any atom is 0.258 e. The monoisotopic (exact) mass is 458 g/mol. The first-order valence-electron chi connectivity index (χ1n) is 10.6. The second kappa shape index (κ2) is 9.10. The van der Waals surface area contributed by atoms with Crippen LogP contribution < -0.4 is 20.1 Å². The number of amides is 2. The molecule has 172 valence electrons.